The van der Waals surface area contributed by atoms with Crippen molar-refractivity contribution in [3.63, 3.8) is 0 Å². The summed E-state index contributed by atoms with van der Waals surface area (Å²) in [5, 5.41) is 10.9. The lowest BCUT2D eigenvalue weighted by atomic mass is 9.96. The quantitative estimate of drug-likeness (QED) is 0.199. The van der Waals surface area contributed by atoms with Crippen molar-refractivity contribution in [1.29, 1.82) is 0 Å². The van der Waals surface area contributed by atoms with Crippen LogP contribution in [0.15, 0.2) is 168 Å². The summed E-state index contributed by atoms with van der Waals surface area (Å²) in [5.41, 5.74) is 5.29. The molecule has 0 radical (unpaired) electrons. The zero-order chi connectivity index (χ0) is 29.0. The zero-order valence-electron chi connectivity index (χ0n) is 23.9. The maximum Gasteiger partial charge on any atom is 0.135 e. The minimum absolute atomic E-state index is 0.861. The Morgan fingerprint density at radius 2 is 0.864 bits per heavy atom. The summed E-state index contributed by atoms with van der Waals surface area (Å²) in [7, 11) is 0. The van der Waals surface area contributed by atoms with Crippen molar-refractivity contribution < 1.29 is 4.42 Å². The van der Waals surface area contributed by atoms with Crippen molar-refractivity contribution in [2.24, 2.45) is 0 Å². The van der Waals surface area contributed by atoms with Crippen molar-refractivity contribution in [3.05, 3.63) is 164 Å². The van der Waals surface area contributed by atoms with E-state index in [1.54, 1.807) is 0 Å². The van der Waals surface area contributed by atoms with Crippen molar-refractivity contribution in [2.75, 3.05) is 4.90 Å². The molecule has 0 fully saturated rings. The standard InChI is InChI=1S/C42H27NO/c1-4-17-33-28(12-1)25-39(37-21-8-6-19-35(33)37)43(40-26-29-13-2-5-18-34(29)36-20-7-9-22-38(36)40)32-16-11-15-30(24-32)42-27-31-14-3-10-23-41(31)44-42/h1-27H. The highest BCUT2D eigenvalue weighted by atomic mass is 16.3. The van der Waals surface area contributed by atoms with Gasteiger partial charge >= 0.3 is 0 Å². The van der Waals surface area contributed by atoms with Crippen LogP contribution in [0.1, 0.15) is 0 Å². The monoisotopic (exact) mass is 561 g/mol. The Balaban J connectivity index is 1.38. The smallest absolute Gasteiger partial charge is 0.135 e. The molecule has 2 heteroatoms. The summed E-state index contributed by atoms with van der Waals surface area (Å²) in [4.78, 5) is 2.44. The second-order valence-electron chi connectivity index (χ2n) is 11.4. The predicted octanol–water partition coefficient (Wildman–Crippen LogP) is 12.2. The topological polar surface area (TPSA) is 16.4 Å². The number of nitrogens with zero attached hydrogens (tertiary/aromatic N) is 1. The molecule has 44 heavy (non-hydrogen) atoms. The maximum absolute atomic E-state index is 6.34. The third-order valence-corrected chi connectivity index (χ3v) is 8.79. The molecule has 0 aliphatic heterocycles. The molecule has 0 N–H and O–H groups in total. The third-order valence-electron chi connectivity index (χ3n) is 8.79. The molecule has 9 aromatic rings. The Morgan fingerprint density at radius 1 is 0.364 bits per heavy atom. The fourth-order valence-corrected chi connectivity index (χ4v) is 6.77. The first kappa shape index (κ1) is 24.7. The van der Waals surface area contributed by atoms with Gasteiger partial charge in [0.1, 0.15) is 11.3 Å². The first-order chi connectivity index (χ1) is 21.8. The highest BCUT2D eigenvalue weighted by Crippen LogP contribution is 2.46. The van der Waals surface area contributed by atoms with Gasteiger partial charge < -0.3 is 9.32 Å². The predicted molar refractivity (Wildman–Crippen MR) is 186 cm³/mol. The van der Waals surface area contributed by atoms with Gasteiger partial charge in [0.25, 0.3) is 0 Å². The lowest BCUT2D eigenvalue weighted by molar-refractivity contribution is 0.631. The van der Waals surface area contributed by atoms with E-state index in [2.05, 4.69) is 157 Å². The number of furan rings is 1. The van der Waals surface area contributed by atoms with Crippen LogP contribution in [0, 0.1) is 0 Å². The fraction of sp³-hybridized carbons (Fsp3) is 0. The SMILES string of the molecule is c1cc(-c2cc3ccccc3o2)cc(N(c2cc3ccccc3c3ccccc23)c2cc3ccccc3c3ccccc23)c1. The zero-order valence-corrected chi connectivity index (χ0v) is 23.9. The first-order valence-corrected chi connectivity index (χ1v) is 15.0. The lowest BCUT2D eigenvalue weighted by Crippen LogP contribution is -2.11. The van der Waals surface area contributed by atoms with E-state index in [0.717, 1.165) is 39.4 Å². The number of para-hydroxylation sites is 1. The van der Waals surface area contributed by atoms with Crippen LogP contribution in [-0.2, 0) is 0 Å². The number of hydrogen-bond donors (Lipinski definition) is 0. The molecule has 0 atom stereocenters. The van der Waals surface area contributed by atoms with Gasteiger partial charge in [0.05, 0.1) is 11.4 Å². The van der Waals surface area contributed by atoms with Crippen molar-refractivity contribution >= 4 is 71.1 Å². The lowest BCUT2D eigenvalue weighted by Gasteiger charge is -2.29. The third kappa shape index (κ3) is 3.89. The summed E-state index contributed by atoms with van der Waals surface area (Å²) in [6, 6.07) is 58.6. The van der Waals surface area contributed by atoms with Crippen LogP contribution in [0.4, 0.5) is 17.1 Å². The molecule has 8 aromatic carbocycles. The van der Waals surface area contributed by atoms with Gasteiger partial charge in [-0.3, -0.25) is 0 Å². The molecule has 0 bridgehead atoms. The first-order valence-electron chi connectivity index (χ1n) is 15.0. The average Bonchev–Trinajstić information content (AvgIpc) is 3.53. The largest absolute Gasteiger partial charge is 0.456 e. The van der Waals surface area contributed by atoms with Crippen LogP contribution in [0.5, 0.6) is 0 Å². The van der Waals surface area contributed by atoms with Gasteiger partial charge in [-0.05, 0) is 68.7 Å². The summed E-state index contributed by atoms with van der Waals surface area (Å²) in [6.07, 6.45) is 0. The Hall–Kier alpha value is -5.86. The van der Waals surface area contributed by atoms with Gasteiger partial charge in [0.15, 0.2) is 0 Å². The van der Waals surface area contributed by atoms with E-state index in [9.17, 15) is 0 Å². The molecule has 0 aliphatic carbocycles. The van der Waals surface area contributed by atoms with E-state index in [0.29, 0.717) is 0 Å². The number of rotatable bonds is 4. The molecule has 1 aromatic heterocycles. The molecule has 206 valence electrons. The molecular formula is C42H27NO. The molecule has 0 saturated carbocycles. The summed E-state index contributed by atoms with van der Waals surface area (Å²) >= 11 is 0. The Kier molecular flexibility index (Phi) is 5.54. The summed E-state index contributed by atoms with van der Waals surface area (Å²) in [6.45, 7) is 0. The van der Waals surface area contributed by atoms with Gasteiger partial charge in [0, 0.05) is 27.4 Å². The van der Waals surface area contributed by atoms with Crippen molar-refractivity contribution in [1.82, 2.24) is 0 Å². The average molecular weight is 562 g/mol. The number of hydrogen-bond acceptors (Lipinski definition) is 2. The maximum atomic E-state index is 6.34. The van der Waals surface area contributed by atoms with Crippen molar-refractivity contribution in [3.8, 4) is 11.3 Å². The number of fused-ring (bicyclic) bond motifs is 7. The van der Waals surface area contributed by atoms with Crippen LogP contribution < -0.4 is 4.90 Å². The number of benzene rings is 8. The fourth-order valence-electron chi connectivity index (χ4n) is 6.77. The van der Waals surface area contributed by atoms with E-state index >= 15 is 0 Å². The van der Waals surface area contributed by atoms with Crippen LogP contribution in [-0.4, -0.2) is 0 Å². The highest BCUT2D eigenvalue weighted by molar-refractivity contribution is 6.18. The second kappa shape index (κ2) is 9.86. The molecule has 0 aliphatic rings. The molecule has 0 amide bonds. The van der Waals surface area contributed by atoms with E-state index in [1.807, 2.05) is 12.1 Å². The van der Waals surface area contributed by atoms with E-state index in [-0.39, 0.29) is 0 Å². The molecule has 0 saturated heterocycles. The van der Waals surface area contributed by atoms with Gasteiger partial charge in [-0.2, -0.15) is 0 Å². The van der Waals surface area contributed by atoms with Gasteiger partial charge in [-0.1, -0.05) is 127 Å². The highest BCUT2D eigenvalue weighted by Gasteiger charge is 2.21. The molecule has 0 spiro atoms. The molecule has 0 unspecified atom stereocenters. The Morgan fingerprint density at radius 3 is 1.45 bits per heavy atom. The van der Waals surface area contributed by atoms with Crippen LogP contribution in [0.2, 0.25) is 0 Å². The van der Waals surface area contributed by atoms with Crippen molar-refractivity contribution in [2.45, 2.75) is 0 Å². The Bertz CT molecular complexity index is 2370. The molecule has 1 heterocycles. The van der Waals surface area contributed by atoms with Crippen LogP contribution in [0.3, 0.4) is 0 Å². The summed E-state index contributed by atoms with van der Waals surface area (Å²) in [5.74, 6) is 0.861. The van der Waals surface area contributed by atoms with Gasteiger partial charge in [-0.25, -0.2) is 0 Å². The van der Waals surface area contributed by atoms with E-state index < -0.39 is 0 Å². The van der Waals surface area contributed by atoms with Gasteiger partial charge in [-0.15, -0.1) is 0 Å². The minimum atomic E-state index is 0.861. The molecular weight excluding hydrogens is 534 g/mol. The number of anilines is 3. The van der Waals surface area contributed by atoms with E-state index in [1.165, 1.54) is 43.1 Å². The molecule has 2 nitrogen and oxygen atoms in total. The normalized spacial score (nSPS) is 11.6. The summed E-state index contributed by atoms with van der Waals surface area (Å²) < 4.78 is 6.34. The Labute approximate surface area is 255 Å². The van der Waals surface area contributed by atoms with Gasteiger partial charge in [0.2, 0.25) is 0 Å². The minimum Gasteiger partial charge on any atom is -0.456 e. The van der Waals surface area contributed by atoms with Crippen LogP contribution >= 0.6 is 0 Å². The van der Waals surface area contributed by atoms with E-state index in [4.69, 9.17) is 4.42 Å². The van der Waals surface area contributed by atoms with Crippen LogP contribution in [0.25, 0.3) is 65.4 Å². The second-order valence-corrected chi connectivity index (χ2v) is 11.4. The molecule has 9 rings (SSSR count).